The molecule has 0 amide bonds. The van der Waals surface area contributed by atoms with Crippen LogP contribution in [0.5, 0.6) is 11.5 Å². The summed E-state index contributed by atoms with van der Waals surface area (Å²) in [5, 5.41) is 0. The van der Waals surface area contributed by atoms with E-state index in [4.69, 9.17) is 4.74 Å². The zero-order valence-corrected chi connectivity index (χ0v) is 11.1. The average Bonchev–Trinajstić information content (AvgIpc) is 2.25. The van der Waals surface area contributed by atoms with Crippen LogP contribution in [-0.4, -0.2) is 24.1 Å². The molecular weight excluding hydrogens is 317 g/mol. The van der Waals surface area contributed by atoms with Gasteiger partial charge >= 0.3 is 6.36 Å². The third-order valence-corrected chi connectivity index (χ3v) is 2.45. The number of Topliss-reactive ketones (excluding diaryl/α,β-unsaturated/α-hetero) is 1. The Hall–Kier alpha value is -1.24. The van der Waals surface area contributed by atoms with E-state index < -0.39 is 16.9 Å². The van der Waals surface area contributed by atoms with Gasteiger partial charge in [-0.25, -0.2) is 0 Å². The zero-order valence-electron chi connectivity index (χ0n) is 9.55. The van der Waals surface area contributed by atoms with Gasteiger partial charge in [-0.1, -0.05) is 15.9 Å². The Morgan fingerprint density at radius 3 is 2.44 bits per heavy atom. The first-order valence-electron chi connectivity index (χ1n) is 4.86. The molecule has 1 rings (SSSR count). The highest BCUT2D eigenvalue weighted by Crippen LogP contribution is 2.30. The molecule has 0 heterocycles. The van der Waals surface area contributed by atoms with Crippen molar-refractivity contribution in [3.05, 3.63) is 23.8 Å². The lowest BCUT2D eigenvalue weighted by atomic mass is 10.1. The maximum atomic E-state index is 12.0. The summed E-state index contributed by atoms with van der Waals surface area (Å²) < 4.78 is 44.7. The van der Waals surface area contributed by atoms with Gasteiger partial charge in [0.25, 0.3) is 0 Å². The largest absolute Gasteiger partial charge is 0.573 e. The van der Waals surface area contributed by atoms with E-state index >= 15 is 0 Å². The maximum Gasteiger partial charge on any atom is 0.573 e. The van der Waals surface area contributed by atoms with Crippen molar-refractivity contribution in [3.63, 3.8) is 0 Å². The van der Waals surface area contributed by atoms with Gasteiger partial charge in [0.05, 0.1) is 17.5 Å². The molecule has 0 saturated carbocycles. The third kappa shape index (κ3) is 3.90. The van der Waals surface area contributed by atoms with Crippen molar-refractivity contribution in [2.45, 2.75) is 18.1 Å². The van der Waals surface area contributed by atoms with Crippen molar-refractivity contribution in [3.8, 4) is 11.5 Å². The topological polar surface area (TPSA) is 35.5 Å². The van der Waals surface area contributed by atoms with Crippen molar-refractivity contribution < 1.29 is 27.4 Å². The van der Waals surface area contributed by atoms with E-state index in [0.717, 1.165) is 12.1 Å². The molecule has 7 heteroatoms. The van der Waals surface area contributed by atoms with Gasteiger partial charge in [-0.2, -0.15) is 0 Å². The van der Waals surface area contributed by atoms with Crippen LogP contribution in [0.2, 0.25) is 0 Å². The standard InChI is InChI=1S/C11H10BrF3O3/c1-6(12)10(16)8-4-3-7(5-9(8)17-2)18-11(13,14)15/h3-6H,1-2H3. The normalized spacial score (nSPS) is 13.0. The summed E-state index contributed by atoms with van der Waals surface area (Å²) >= 11 is 3.09. The Balaban J connectivity index is 3.08. The highest BCUT2D eigenvalue weighted by atomic mass is 79.9. The SMILES string of the molecule is COc1cc(OC(F)(F)F)ccc1C(=O)C(C)Br. The molecule has 0 aliphatic heterocycles. The first-order valence-corrected chi connectivity index (χ1v) is 5.78. The molecule has 18 heavy (non-hydrogen) atoms. The molecule has 1 unspecified atom stereocenters. The van der Waals surface area contributed by atoms with Crippen molar-refractivity contribution in [1.29, 1.82) is 0 Å². The minimum atomic E-state index is -4.78. The number of benzene rings is 1. The average molecular weight is 327 g/mol. The van der Waals surface area contributed by atoms with E-state index in [-0.39, 0.29) is 17.1 Å². The Morgan fingerprint density at radius 1 is 1.39 bits per heavy atom. The highest BCUT2D eigenvalue weighted by Gasteiger charge is 2.31. The van der Waals surface area contributed by atoms with E-state index in [2.05, 4.69) is 20.7 Å². The molecule has 0 radical (unpaired) electrons. The fourth-order valence-corrected chi connectivity index (χ4v) is 1.53. The second-order valence-corrected chi connectivity index (χ2v) is 4.76. The lowest BCUT2D eigenvalue weighted by Gasteiger charge is -2.13. The summed E-state index contributed by atoms with van der Waals surface area (Å²) in [5.41, 5.74) is 0.191. The highest BCUT2D eigenvalue weighted by molar-refractivity contribution is 9.10. The molecule has 1 aromatic carbocycles. The van der Waals surface area contributed by atoms with Crippen LogP contribution in [-0.2, 0) is 0 Å². The van der Waals surface area contributed by atoms with Gasteiger partial charge in [-0.15, -0.1) is 13.2 Å². The summed E-state index contributed by atoms with van der Waals surface area (Å²) in [6.07, 6.45) is -4.78. The van der Waals surface area contributed by atoms with Crippen LogP contribution in [0, 0.1) is 0 Å². The monoisotopic (exact) mass is 326 g/mol. The second-order valence-electron chi connectivity index (χ2n) is 3.39. The van der Waals surface area contributed by atoms with Gasteiger partial charge in [0.1, 0.15) is 11.5 Å². The molecule has 0 aromatic heterocycles. The van der Waals surface area contributed by atoms with Crippen LogP contribution in [0.3, 0.4) is 0 Å². The molecule has 0 aliphatic rings. The van der Waals surface area contributed by atoms with E-state index in [1.54, 1.807) is 6.92 Å². The summed E-state index contributed by atoms with van der Waals surface area (Å²) in [4.78, 5) is 11.3. The predicted octanol–water partition coefficient (Wildman–Crippen LogP) is 3.56. The maximum absolute atomic E-state index is 12.0. The van der Waals surface area contributed by atoms with Crippen molar-refractivity contribution >= 4 is 21.7 Å². The Bertz CT molecular complexity index is 444. The van der Waals surface area contributed by atoms with E-state index in [1.807, 2.05) is 0 Å². The van der Waals surface area contributed by atoms with Gasteiger partial charge in [0, 0.05) is 6.07 Å². The molecule has 0 saturated heterocycles. The Labute approximate surface area is 110 Å². The first-order chi connectivity index (χ1) is 8.24. The van der Waals surface area contributed by atoms with Crippen molar-refractivity contribution in [2.75, 3.05) is 7.11 Å². The quantitative estimate of drug-likeness (QED) is 0.627. The Morgan fingerprint density at radius 2 is 2.00 bits per heavy atom. The van der Waals surface area contributed by atoms with Gasteiger partial charge in [-0.05, 0) is 19.1 Å². The van der Waals surface area contributed by atoms with Gasteiger partial charge < -0.3 is 9.47 Å². The lowest BCUT2D eigenvalue weighted by molar-refractivity contribution is -0.274. The zero-order chi connectivity index (χ0) is 13.9. The van der Waals surface area contributed by atoms with Crippen LogP contribution < -0.4 is 9.47 Å². The smallest absolute Gasteiger partial charge is 0.496 e. The minimum absolute atomic E-state index is 0.0352. The van der Waals surface area contributed by atoms with Crippen LogP contribution in [0.1, 0.15) is 17.3 Å². The predicted molar refractivity (Wildman–Crippen MR) is 62.4 cm³/mol. The fourth-order valence-electron chi connectivity index (χ4n) is 1.29. The molecule has 0 bridgehead atoms. The molecular formula is C11H10BrF3O3. The summed E-state index contributed by atoms with van der Waals surface area (Å²) in [6.45, 7) is 1.61. The number of hydrogen-bond donors (Lipinski definition) is 0. The number of carbonyl (C=O) groups excluding carboxylic acids is 1. The molecule has 3 nitrogen and oxygen atoms in total. The number of hydrogen-bond acceptors (Lipinski definition) is 3. The number of rotatable bonds is 4. The number of alkyl halides is 4. The fraction of sp³-hybridized carbons (Fsp3) is 0.364. The van der Waals surface area contributed by atoms with E-state index in [1.165, 1.54) is 13.2 Å². The first kappa shape index (κ1) is 14.8. The molecule has 0 fully saturated rings. The Kier molecular flexibility index (Phi) is 4.61. The van der Waals surface area contributed by atoms with Crippen molar-refractivity contribution in [2.24, 2.45) is 0 Å². The third-order valence-electron chi connectivity index (χ3n) is 2.03. The lowest BCUT2D eigenvalue weighted by Crippen LogP contribution is -2.17. The van der Waals surface area contributed by atoms with Gasteiger partial charge in [-0.3, -0.25) is 4.79 Å². The van der Waals surface area contributed by atoms with E-state index in [0.29, 0.717) is 0 Å². The number of methoxy groups -OCH3 is 1. The number of ether oxygens (including phenoxy) is 2. The van der Waals surface area contributed by atoms with Crippen LogP contribution in [0.15, 0.2) is 18.2 Å². The van der Waals surface area contributed by atoms with Crippen LogP contribution in [0.25, 0.3) is 0 Å². The summed E-state index contributed by atoms with van der Waals surface area (Å²) in [7, 11) is 1.27. The van der Waals surface area contributed by atoms with Crippen molar-refractivity contribution in [1.82, 2.24) is 0 Å². The second kappa shape index (κ2) is 5.60. The number of ketones is 1. The molecule has 100 valence electrons. The van der Waals surface area contributed by atoms with Gasteiger partial charge in [0.2, 0.25) is 0 Å². The van der Waals surface area contributed by atoms with Crippen LogP contribution >= 0.6 is 15.9 Å². The molecule has 0 N–H and O–H groups in total. The molecule has 0 spiro atoms. The number of carbonyl (C=O) groups is 1. The van der Waals surface area contributed by atoms with Gasteiger partial charge in [0.15, 0.2) is 5.78 Å². The molecule has 1 aromatic rings. The summed E-state index contributed by atoms with van der Waals surface area (Å²) in [6, 6.07) is 3.33. The van der Waals surface area contributed by atoms with Crippen LogP contribution in [0.4, 0.5) is 13.2 Å². The van der Waals surface area contributed by atoms with E-state index in [9.17, 15) is 18.0 Å². The number of halogens is 4. The molecule has 0 aliphatic carbocycles. The summed E-state index contributed by atoms with van der Waals surface area (Å²) in [5.74, 6) is -0.684. The molecule has 1 atom stereocenters. The minimum Gasteiger partial charge on any atom is -0.496 e.